The highest BCUT2D eigenvalue weighted by Crippen LogP contribution is 2.27. The minimum atomic E-state index is -0.518. The van der Waals surface area contributed by atoms with Crippen LogP contribution in [0.5, 0.6) is 11.5 Å². The maximum atomic E-state index is 10.4. The molecule has 0 fully saturated rings. The lowest BCUT2D eigenvalue weighted by Crippen LogP contribution is -2.43. The fourth-order valence-electron chi connectivity index (χ4n) is 3.51. The lowest BCUT2D eigenvalue weighted by Gasteiger charge is -2.30. The van der Waals surface area contributed by atoms with E-state index in [4.69, 9.17) is 15.2 Å². The van der Waals surface area contributed by atoms with Crippen LogP contribution in [0.25, 0.3) is 0 Å². The first-order valence-electron chi connectivity index (χ1n) is 9.81. The molecule has 1 aliphatic heterocycles. The molecule has 0 radical (unpaired) electrons. The largest absolute Gasteiger partial charge is 0.493 e. The van der Waals surface area contributed by atoms with E-state index in [2.05, 4.69) is 39.5 Å². The molecule has 29 heavy (non-hydrogen) atoms. The van der Waals surface area contributed by atoms with Crippen LogP contribution in [0.2, 0.25) is 0 Å². The Morgan fingerprint density at radius 2 is 1.93 bits per heavy atom. The summed E-state index contributed by atoms with van der Waals surface area (Å²) in [6.07, 6.45) is 0.501. The maximum Gasteiger partial charge on any atom is 0.189 e. The Balaban J connectivity index is 1.44. The molecule has 0 spiro atoms. The predicted octanol–water partition coefficient (Wildman–Crippen LogP) is 1.53. The van der Waals surface area contributed by atoms with Crippen LogP contribution in [0.15, 0.2) is 47.5 Å². The van der Waals surface area contributed by atoms with Crippen LogP contribution < -0.4 is 20.5 Å². The van der Waals surface area contributed by atoms with E-state index < -0.39 is 6.10 Å². The molecule has 0 aliphatic carbocycles. The van der Waals surface area contributed by atoms with Crippen molar-refractivity contribution in [2.75, 3.05) is 33.9 Å². The number of nitrogens with zero attached hydrogens (tertiary/aromatic N) is 2. The Morgan fingerprint density at radius 1 is 1.17 bits per heavy atom. The summed E-state index contributed by atoms with van der Waals surface area (Å²) in [6, 6.07) is 14.1. The number of hydrogen-bond donors (Lipinski definition) is 3. The number of rotatable bonds is 8. The van der Waals surface area contributed by atoms with Crippen LogP contribution in [0.3, 0.4) is 0 Å². The van der Waals surface area contributed by atoms with E-state index in [1.54, 1.807) is 14.2 Å². The van der Waals surface area contributed by atoms with Crippen molar-refractivity contribution in [2.45, 2.75) is 25.6 Å². The van der Waals surface area contributed by atoms with Gasteiger partial charge in [0, 0.05) is 26.2 Å². The standard InChI is InChI=1S/C22H30N4O3/c1-28-20-8-7-16(11-21(20)29-2)12-24-22(23)25-13-19(27)15-26-10-9-17-5-3-4-6-18(17)14-26/h3-8,11,19,27H,9-10,12-15H2,1-2H3,(H3,23,24,25). The van der Waals surface area contributed by atoms with Crippen molar-refractivity contribution in [3.05, 3.63) is 59.2 Å². The van der Waals surface area contributed by atoms with Crippen LogP contribution in [-0.4, -0.2) is 55.9 Å². The molecular formula is C22H30N4O3. The molecule has 7 heteroatoms. The Hall–Kier alpha value is -2.77. The first-order chi connectivity index (χ1) is 14.1. The normalized spacial score (nSPS) is 15.5. The molecule has 1 heterocycles. The molecule has 0 aromatic heterocycles. The van der Waals surface area contributed by atoms with Gasteiger partial charge in [-0.15, -0.1) is 0 Å². The third-order valence-electron chi connectivity index (χ3n) is 5.08. The summed E-state index contributed by atoms with van der Waals surface area (Å²) in [5.41, 5.74) is 9.66. The van der Waals surface area contributed by atoms with Crippen molar-refractivity contribution in [3.63, 3.8) is 0 Å². The van der Waals surface area contributed by atoms with Gasteiger partial charge in [-0.2, -0.15) is 0 Å². The van der Waals surface area contributed by atoms with Gasteiger partial charge in [0.05, 0.1) is 26.9 Å². The number of methoxy groups -OCH3 is 2. The number of nitrogens with two attached hydrogens (primary N) is 1. The van der Waals surface area contributed by atoms with Crippen molar-refractivity contribution in [3.8, 4) is 11.5 Å². The average molecular weight is 399 g/mol. The summed E-state index contributed by atoms with van der Waals surface area (Å²) < 4.78 is 10.5. The number of ether oxygens (including phenoxy) is 2. The molecule has 2 aromatic rings. The molecule has 2 aromatic carbocycles. The van der Waals surface area contributed by atoms with Gasteiger partial charge in [-0.25, -0.2) is 4.99 Å². The minimum absolute atomic E-state index is 0.308. The number of aliphatic hydroxyl groups is 1. The molecule has 3 rings (SSSR count). The number of aliphatic hydroxyl groups excluding tert-OH is 1. The van der Waals surface area contributed by atoms with Gasteiger partial charge in [0.25, 0.3) is 0 Å². The van der Waals surface area contributed by atoms with E-state index in [0.29, 0.717) is 37.1 Å². The van der Waals surface area contributed by atoms with Crippen LogP contribution in [-0.2, 0) is 19.5 Å². The summed E-state index contributed by atoms with van der Waals surface area (Å²) in [7, 11) is 3.20. The van der Waals surface area contributed by atoms with Gasteiger partial charge in [-0.1, -0.05) is 30.3 Å². The number of fused-ring (bicyclic) bond motifs is 1. The van der Waals surface area contributed by atoms with Gasteiger partial charge in [-0.3, -0.25) is 4.90 Å². The Bertz CT molecular complexity index is 841. The monoisotopic (exact) mass is 398 g/mol. The molecular weight excluding hydrogens is 368 g/mol. The third kappa shape index (κ3) is 5.85. The quantitative estimate of drug-likeness (QED) is 0.461. The second kappa shape index (κ2) is 10.1. The highest BCUT2D eigenvalue weighted by atomic mass is 16.5. The number of guanidine groups is 1. The number of hydrogen-bond acceptors (Lipinski definition) is 5. The molecule has 1 atom stereocenters. The molecule has 1 aliphatic rings. The fourth-order valence-corrected chi connectivity index (χ4v) is 3.51. The number of nitrogens with one attached hydrogen (secondary N) is 1. The molecule has 0 saturated heterocycles. The van der Waals surface area contributed by atoms with Gasteiger partial charge in [0.2, 0.25) is 0 Å². The van der Waals surface area contributed by atoms with Gasteiger partial charge in [0.1, 0.15) is 0 Å². The van der Waals surface area contributed by atoms with E-state index in [1.165, 1.54) is 11.1 Å². The first kappa shape index (κ1) is 21.0. The van der Waals surface area contributed by atoms with Crippen molar-refractivity contribution in [1.29, 1.82) is 0 Å². The maximum absolute atomic E-state index is 10.4. The van der Waals surface area contributed by atoms with Gasteiger partial charge < -0.3 is 25.6 Å². The van der Waals surface area contributed by atoms with Crippen LogP contribution in [0, 0.1) is 0 Å². The number of benzene rings is 2. The third-order valence-corrected chi connectivity index (χ3v) is 5.08. The van der Waals surface area contributed by atoms with Crippen molar-refractivity contribution in [1.82, 2.24) is 10.2 Å². The van der Waals surface area contributed by atoms with E-state index in [1.807, 2.05) is 18.2 Å². The highest BCUT2D eigenvalue weighted by Gasteiger charge is 2.18. The Kier molecular flexibility index (Phi) is 7.32. The van der Waals surface area contributed by atoms with Crippen LogP contribution in [0.4, 0.5) is 0 Å². The molecule has 0 bridgehead atoms. The molecule has 0 amide bonds. The number of β-amino-alcohol motifs (C(OH)–C–C–N with tert-alkyl or cyclic N) is 1. The van der Waals surface area contributed by atoms with Crippen molar-refractivity contribution in [2.24, 2.45) is 10.7 Å². The zero-order valence-corrected chi connectivity index (χ0v) is 17.1. The van der Waals surface area contributed by atoms with Gasteiger partial charge >= 0.3 is 0 Å². The first-order valence-corrected chi connectivity index (χ1v) is 9.81. The summed E-state index contributed by atoms with van der Waals surface area (Å²) >= 11 is 0. The summed E-state index contributed by atoms with van der Waals surface area (Å²) in [5, 5.41) is 13.4. The Labute approximate surface area is 172 Å². The van der Waals surface area contributed by atoms with E-state index in [0.717, 1.165) is 25.1 Å². The Morgan fingerprint density at radius 3 is 2.69 bits per heavy atom. The van der Waals surface area contributed by atoms with E-state index in [-0.39, 0.29) is 0 Å². The smallest absolute Gasteiger partial charge is 0.189 e. The molecule has 7 nitrogen and oxygen atoms in total. The fraction of sp³-hybridized carbons (Fsp3) is 0.409. The average Bonchev–Trinajstić information content (AvgIpc) is 2.75. The van der Waals surface area contributed by atoms with Crippen molar-refractivity contribution >= 4 is 5.96 Å². The van der Waals surface area contributed by atoms with Crippen LogP contribution >= 0.6 is 0 Å². The SMILES string of the molecule is COc1ccc(CN=C(N)NCC(O)CN2CCc3ccccc3C2)cc1OC. The summed E-state index contributed by atoms with van der Waals surface area (Å²) in [6.45, 7) is 3.20. The second-order valence-electron chi connectivity index (χ2n) is 7.18. The minimum Gasteiger partial charge on any atom is -0.493 e. The highest BCUT2D eigenvalue weighted by molar-refractivity contribution is 5.77. The lowest BCUT2D eigenvalue weighted by atomic mass is 10.00. The summed E-state index contributed by atoms with van der Waals surface area (Å²) in [4.78, 5) is 6.61. The van der Waals surface area contributed by atoms with Gasteiger partial charge in [-0.05, 0) is 35.2 Å². The van der Waals surface area contributed by atoms with Gasteiger partial charge in [0.15, 0.2) is 17.5 Å². The lowest BCUT2D eigenvalue weighted by molar-refractivity contribution is 0.108. The summed E-state index contributed by atoms with van der Waals surface area (Å²) in [5.74, 6) is 1.64. The molecule has 1 unspecified atom stereocenters. The zero-order valence-electron chi connectivity index (χ0n) is 17.1. The predicted molar refractivity (Wildman–Crippen MR) is 114 cm³/mol. The van der Waals surface area contributed by atoms with E-state index >= 15 is 0 Å². The zero-order chi connectivity index (χ0) is 20.6. The van der Waals surface area contributed by atoms with E-state index in [9.17, 15) is 5.11 Å². The molecule has 156 valence electrons. The number of aliphatic imine (C=N–C) groups is 1. The van der Waals surface area contributed by atoms with Crippen molar-refractivity contribution < 1.29 is 14.6 Å². The van der Waals surface area contributed by atoms with Crippen LogP contribution in [0.1, 0.15) is 16.7 Å². The second-order valence-corrected chi connectivity index (χ2v) is 7.18. The molecule has 0 saturated carbocycles. The topological polar surface area (TPSA) is 92.3 Å². The molecule has 4 N–H and O–H groups in total.